The van der Waals surface area contributed by atoms with Gasteiger partial charge in [-0.05, 0) is 96.2 Å². The van der Waals surface area contributed by atoms with Gasteiger partial charge in [-0.3, -0.25) is 9.69 Å². The molecule has 2 aromatic carbocycles. The first kappa shape index (κ1) is 22.4. The van der Waals surface area contributed by atoms with Gasteiger partial charge in [-0.2, -0.15) is 0 Å². The summed E-state index contributed by atoms with van der Waals surface area (Å²) in [5.74, 6) is 1.33. The molecule has 0 aliphatic carbocycles. The van der Waals surface area contributed by atoms with Gasteiger partial charge in [0.1, 0.15) is 22.8 Å². The summed E-state index contributed by atoms with van der Waals surface area (Å²) in [7, 11) is 4.21. The van der Waals surface area contributed by atoms with Crippen molar-refractivity contribution in [3.8, 4) is 17.2 Å². The third-order valence-corrected chi connectivity index (χ3v) is 6.40. The molecule has 1 N–H and O–H groups in total. The number of piperidine rings is 1. The van der Waals surface area contributed by atoms with E-state index in [2.05, 4.69) is 30.0 Å². The molecule has 0 radical (unpaired) electrons. The largest absolute Gasteiger partial charge is 0.507 e. The minimum absolute atomic E-state index is 0.141. The van der Waals surface area contributed by atoms with Crippen LogP contribution in [-0.2, 0) is 6.54 Å². The first-order valence-corrected chi connectivity index (χ1v) is 11.2. The van der Waals surface area contributed by atoms with Crippen molar-refractivity contribution in [1.82, 2.24) is 9.80 Å². The fourth-order valence-corrected chi connectivity index (χ4v) is 4.59. The van der Waals surface area contributed by atoms with Crippen molar-refractivity contribution in [3.05, 3.63) is 63.0 Å². The minimum atomic E-state index is -0.230. The van der Waals surface area contributed by atoms with Crippen molar-refractivity contribution in [3.63, 3.8) is 0 Å². The van der Waals surface area contributed by atoms with Gasteiger partial charge in [0.25, 0.3) is 0 Å². The Morgan fingerprint density at radius 2 is 1.78 bits per heavy atom. The van der Waals surface area contributed by atoms with Gasteiger partial charge in [0, 0.05) is 12.6 Å². The molecule has 170 valence electrons. The summed E-state index contributed by atoms with van der Waals surface area (Å²) < 4.78 is 12.1. The molecular weight excluding hydrogens is 404 g/mol. The number of hydrogen-bond donors (Lipinski definition) is 1. The number of aryl methyl sites for hydroxylation is 3. The van der Waals surface area contributed by atoms with Gasteiger partial charge in [-0.1, -0.05) is 6.07 Å². The molecule has 0 amide bonds. The number of nitrogens with zero attached hydrogens (tertiary/aromatic N) is 2. The monoisotopic (exact) mass is 436 g/mol. The molecule has 2 heterocycles. The Labute approximate surface area is 189 Å². The van der Waals surface area contributed by atoms with Crippen LogP contribution in [0.15, 0.2) is 39.5 Å². The van der Waals surface area contributed by atoms with E-state index in [1.54, 1.807) is 19.1 Å². The highest BCUT2D eigenvalue weighted by Crippen LogP contribution is 2.32. The van der Waals surface area contributed by atoms with Crippen LogP contribution in [0.5, 0.6) is 17.2 Å². The van der Waals surface area contributed by atoms with Crippen molar-refractivity contribution in [2.24, 2.45) is 0 Å². The molecule has 32 heavy (non-hydrogen) atoms. The van der Waals surface area contributed by atoms with E-state index in [-0.39, 0.29) is 16.9 Å². The summed E-state index contributed by atoms with van der Waals surface area (Å²) in [4.78, 5) is 17.9. The zero-order valence-corrected chi connectivity index (χ0v) is 19.6. The number of phenolic OH excluding ortho intramolecular Hbond substituents is 1. The second-order valence-electron chi connectivity index (χ2n) is 9.13. The highest BCUT2D eigenvalue weighted by Gasteiger charge is 2.24. The van der Waals surface area contributed by atoms with E-state index in [1.807, 2.05) is 26.0 Å². The first-order valence-electron chi connectivity index (χ1n) is 11.2. The number of ether oxygens (including phenoxy) is 1. The van der Waals surface area contributed by atoms with Gasteiger partial charge >= 0.3 is 0 Å². The van der Waals surface area contributed by atoms with Crippen LogP contribution < -0.4 is 10.2 Å². The molecule has 0 bridgehead atoms. The Hall–Kier alpha value is -2.83. The van der Waals surface area contributed by atoms with Crippen LogP contribution in [0, 0.1) is 20.8 Å². The Balaban J connectivity index is 1.70. The number of benzene rings is 2. The minimum Gasteiger partial charge on any atom is -0.507 e. The molecule has 1 aromatic heterocycles. The number of likely N-dealkylation sites (tertiary alicyclic amines) is 1. The van der Waals surface area contributed by atoms with Crippen LogP contribution >= 0.6 is 0 Å². The number of rotatable bonds is 5. The van der Waals surface area contributed by atoms with Gasteiger partial charge in [-0.25, -0.2) is 0 Å². The third kappa shape index (κ3) is 4.52. The molecule has 0 atom stereocenters. The molecule has 6 nitrogen and oxygen atoms in total. The normalized spacial score (nSPS) is 15.6. The van der Waals surface area contributed by atoms with E-state index in [0.717, 1.165) is 37.1 Å². The van der Waals surface area contributed by atoms with Gasteiger partial charge in [-0.15, -0.1) is 0 Å². The molecule has 1 fully saturated rings. The standard InChI is InChI=1S/C26H32N2O4/c1-16-12-17(2)14-20(13-16)32-25-18(3)31-26-21(24(25)30)6-7-23(29)22(26)15-28(5)19-8-10-27(4)11-9-19/h6-7,12-14,19,29H,8-11,15H2,1-5H3. The average Bonchev–Trinajstić information content (AvgIpc) is 2.73. The van der Waals surface area contributed by atoms with Gasteiger partial charge in [0.2, 0.25) is 11.2 Å². The van der Waals surface area contributed by atoms with Crippen molar-refractivity contribution in [2.45, 2.75) is 46.2 Å². The maximum Gasteiger partial charge on any atom is 0.235 e. The molecule has 4 rings (SSSR count). The Morgan fingerprint density at radius 3 is 2.44 bits per heavy atom. The van der Waals surface area contributed by atoms with Crippen LogP contribution in [0.1, 0.15) is 35.3 Å². The lowest BCUT2D eigenvalue weighted by Gasteiger charge is -2.35. The predicted octanol–water partition coefficient (Wildman–Crippen LogP) is 4.74. The zero-order chi connectivity index (χ0) is 23.0. The average molecular weight is 437 g/mol. The van der Waals surface area contributed by atoms with E-state index >= 15 is 0 Å². The van der Waals surface area contributed by atoms with Crippen LogP contribution in [0.3, 0.4) is 0 Å². The molecule has 0 saturated carbocycles. The summed E-state index contributed by atoms with van der Waals surface area (Å²) >= 11 is 0. The summed E-state index contributed by atoms with van der Waals surface area (Å²) in [6, 6.07) is 9.47. The summed E-state index contributed by atoms with van der Waals surface area (Å²) in [6.07, 6.45) is 2.16. The number of phenols is 1. The maximum absolute atomic E-state index is 13.3. The topological polar surface area (TPSA) is 66.2 Å². The van der Waals surface area contributed by atoms with Crippen LogP contribution in [0.4, 0.5) is 0 Å². The van der Waals surface area contributed by atoms with Crippen LogP contribution in [-0.4, -0.2) is 48.1 Å². The number of hydrogen-bond acceptors (Lipinski definition) is 6. The molecule has 1 aliphatic rings. The lowest BCUT2D eigenvalue weighted by atomic mass is 10.0. The molecule has 3 aromatic rings. The fraction of sp³-hybridized carbons (Fsp3) is 0.423. The van der Waals surface area contributed by atoms with Gasteiger partial charge in [0.05, 0.1) is 10.9 Å². The smallest absolute Gasteiger partial charge is 0.235 e. The van der Waals surface area contributed by atoms with E-state index in [1.165, 1.54) is 0 Å². The fourth-order valence-electron chi connectivity index (χ4n) is 4.59. The second-order valence-corrected chi connectivity index (χ2v) is 9.13. The summed E-state index contributed by atoms with van der Waals surface area (Å²) in [6.45, 7) is 8.34. The van der Waals surface area contributed by atoms with Gasteiger partial charge < -0.3 is 19.2 Å². The number of aromatic hydroxyl groups is 1. The molecular formula is C26H32N2O4. The van der Waals surface area contributed by atoms with Crippen LogP contribution in [0.25, 0.3) is 11.0 Å². The van der Waals surface area contributed by atoms with Crippen molar-refractivity contribution < 1.29 is 14.3 Å². The first-order chi connectivity index (χ1) is 15.2. The molecule has 6 heteroatoms. The predicted molar refractivity (Wildman–Crippen MR) is 127 cm³/mol. The third-order valence-electron chi connectivity index (χ3n) is 6.40. The molecule has 0 spiro atoms. The maximum atomic E-state index is 13.3. The van der Waals surface area contributed by atoms with Crippen molar-refractivity contribution in [1.29, 1.82) is 0 Å². The van der Waals surface area contributed by atoms with E-state index in [9.17, 15) is 9.90 Å². The SMILES string of the molecule is Cc1cc(C)cc(Oc2c(C)oc3c(CN(C)C4CCN(C)CC4)c(O)ccc3c2=O)c1. The zero-order valence-electron chi connectivity index (χ0n) is 19.6. The van der Waals surface area contributed by atoms with Gasteiger partial charge in [0.15, 0.2) is 0 Å². The molecule has 1 aliphatic heterocycles. The van der Waals surface area contributed by atoms with E-state index in [0.29, 0.717) is 40.6 Å². The quantitative estimate of drug-likeness (QED) is 0.623. The lowest BCUT2D eigenvalue weighted by Crippen LogP contribution is -2.41. The highest BCUT2D eigenvalue weighted by molar-refractivity contribution is 5.83. The van der Waals surface area contributed by atoms with E-state index in [4.69, 9.17) is 9.15 Å². The Bertz CT molecular complexity index is 1170. The summed E-state index contributed by atoms with van der Waals surface area (Å²) in [5.41, 5.74) is 2.96. The van der Waals surface area contributed by atoms with Crippen molar-refractivity contribution in [2.75, 3.05) is 27.2 Å². The Morgan fingerprint density at radius 1 is 1.12 bits per heavy atom. The second kappa shape index (κ2) is 8.96. The van der Waals surface area contributed by atoms with E-state index < -0.39 is 0 Å². The number of fused-ring (bicyclic) bond motifs is 1. The molecule has 1 saturated heterocycles. The van der Waals surface area contributed by atoms with Crippen LogP contribution in [0.2, 0.25) is 0 Å². The summed E-state index contributed by atoms with van der Waals surface area (Å²) in [5, 5.41) is 11.0. The highest BCUT2D eigenvalue weighted by atomic mass is 16.5. The van der Waals surface area contributed by atoms with Crippen molar-refractivity contribution >= 4 is 11.0 Å². The lowest BCUT2D eigenvalue weighted by molar-refractivity contribution is 0.138. The molecule has 0 unspecified atom stereocenters. The Kier molecular flexibility index (Phi) is 6.26.